The van der Waals surface area contributed by atoms with Crippen LogP contribution in [0, 0.1) is 17.2 Å². The lowest BCUT2D eigenvalue weighted by atomic mass is 10.1. The Bertz CT molecular complexity index is 504. The van der Waals surface area contributed by atoms with Gasteiger partial charge in [0.15, 0.2) is 0 Å². The molecule has 0 fully saturated rings. The van der Waals surface area contributed by atoms with Gasteiger partial charge in [-0.1, -0.05) is 13.8 Å². The second kappa shape index (κ2) is 6.87. The fourth-order valence-electron chi connectivity index (χ4n) is 1.25. The first-order chi connectivity index (χ1) is 8.95. The fraction of sp³-hybridized carbons (Fsp3) is 0.417. The van der Waals surface area contributed by atoms with Gasteiger partial charge in [0.1, 0.15) is 11.1 Å². The standard InChI is InChI=1S/C12H16N4O2S/c1-7(2)10(14)11(18)15-6-9(17)16-12-8(5-13)3-4-19-12/h3-4,7,10H,6,14H2,1-2H3,(H,15,18)(H,16,17)/t10-/m0/s1. The maximum atomic E-state index is 11.6. The number of nitrogens with one attached hydrogen (secondary N) is 2. The van der Waals surface area contributed by atoms with E-state index in [0.29, 0.717) is 10.6 Å². The van der Waals surface area contributed by atoms with Crippen LogP contribution < -0.4 is 16.4 Å². The zero-order chi connectivity index (χ0) is 14.4. The van der Waals surface area contributed by atoms with Crippen LogP contribution in [-0.4, -0.2) is 24.4 Å². The third-order valence-corrected chi connectivity index (χ3v) is 3.31. The van der Waals surface area contributed by atoms with Crippen molar-refractivity contribution in [3.8, 4) is 6.07 Å². The van der Waals surface area contributed by atoms with Gasteiger partial charge in [-0.3, -0.25) is 9.59 Å². The van der Waals surface area contributed by atoms with Gasteiger partial charge >= 0.3 is 0 Å². The molecule has 7 heteroatoms. The van der Waals surface area contributed by atoms with Crippen LogP contribution in [0.1, 0.15) is 19.4 Å². The highest BCUT2D eigenvalue weighted by atomic mass is 32.1. The Balaban J connectivity index is 2.45. The molecule has 6 nitrogen and oxygen atoms in total. The third-order valence-electron chi connectivity index (χ3n) is 2.48. The Hall–Kier alpha value is -1.91. The van der Waals surface area contributed by atoms with Crippen LogP contribution in [0.25, 0.3) is 0 Å². The quantitative estimate of drug-likeness (QED) is 0.736. The molecule has 0 saturated carbocycles. The van der Waals surface area contributed by atoms with E-state index < -0.39 is 6.04 Å². The molecule has 1 atom stereocenters. The van der Waals surface area contributed by atoms with E-state index in [-0.39, 0.29) is 24.3 Å². The van der Waals surface area contributed by atoms with E-state index in [2.05, 4.69) is 10.6 Å². The summed E-state index contributed by atoms with van der Waals surface area (Å²) < 4.78 is 0. The van der Waals surface area contributed by atoms with Crippen LogP contribution in [0.5, 0.6) is 0 Å². The summed E-state index contributed by atoms with van der Waals surface area (Å²) in [6.07, 6.45) is 0. The smallest absolute Gasteiger partial charge is 0.244 e. The molecule has 0 spiro atoms. The van der Waals surface area contributed by atoms with Gasteiger partial charge in [0.05, 0.1) is 18.2 Å². The lowest BCUT2D eigenvalue weighted by molar-refractivity contribution is -0.125. The normalized spacial score (nSPS) is 11.7. The maximum Gasteiger partial charge on any atom is 0.244 e. The molecule has 4 N–H and O–H groups in total. The minimum absolute atomic E-state index is 0.00514. The summed E-state index contributed by atoms with van der Waals surface area (Å²) in [7, 11) is 0. The van der Waals surface area contributed by atoms with Gasteiger partial charge in [-0.05, 0) is 17.4 Å². The number of thiophene rings is 1. The highest BCUT2D eigenvalue weighted by molar-refractivity contribution is 7.14. The number of nitriles is 1. The van der Waals surface area contributed by atoms with Crippen molar-refractivity contribution < 1.29 is 9.59 Å². The molecule has 0 aliphatic heterocycles. The zero-order valence-corrected chi connectivity index (χ0v) is 11.6. The van der Waals surface area contributed by atoms with Crippen molar-refractivity contribution in [2.75, 3.05) is 11.9 Å². The summed E-state index contributed by atoms with van der Waals surface area (Å²) >= 11 is 1.26. The summed E-state index contributed by atoms with van der Waals surface area (Å²) in [5.41, 5.74) is 6.05. The molecule has 0 radical (unpaired) electrons. The third kappa shape index (κ3) is 4.35. The second-order valence-corrected chi connectivity index (χ2v) is 5.23. The van der Waals surface area contributed by atoms with Crippen molar-refractivity contribution in [1.82, 2.24) is 5.32 Å². The lowest BCUT2D eigenvalue weighted by Crippen LogP contribution is -2.46. The van der Waals surface area contributed by atoms with Crippen LogP contribution >= 0.6 is 11.3 Å². The predicted octanol–water partition coefficient (Wildman–Crippen LogP) is 0.658. The van der Waals surface area contributed by atoms with Crippen LogP contribution in [-0.2, 0) is 9.59 Å². The summed E-state index contributed by atoms with van der Waals surface area (Å²) in [4.78, 5) is 23.2. The number of amides is 2. The van der Waals surface area contributed by atoms with Gasteiger partial charge in [0.25, 0.3) is 0 Å². The molecule has 1 heterocycles. The number of carbonyl (C=O) groups is 2. The first-order valence-electron chi connectivity index (χ1n) is 5.76. The van der Waals surface area contributed by atoms with E-state index in [9.17, 15) is 9.59 Å². The van der Waals surface area contributed by atoms with Crippen LogP contribution in [0.3, 0.4) is 0 Å². The van der Waals surface area contributed by atoms with Gasteiger partial charge < -0.3 is 16.4 Å². The molecular weight excluding hydrogens is 264 g/mol. The summed E-state index contributed by atoms with van der Waals surface area (Å²) in [6.45, 7) is 3.49. The maximum absolute atomic E-state index is 11.6. The highest BCUT2D eigenvalue weighted by Gasteiger charge is 2.17. The van der Waals surface area contributed by atoms with Crippen LogP contribution in [0.4, 0.5) is 5.00 Å². The van der Waals surface area contributed by atoms with Crippen molar-refractivity contribution in [2.45, 2.75) is 19.9 Å². The summed E-state index contributed by atoms with van der Waals surface area (Å²) in [5.74, 6) is -0.745. The van der Waals surface area contributed by atoms with E-state index in [0.717, 1.165) is 0 Å². The predicted molar refractivity (Wildman–Crippen MR) is 73.5 cm³/mol. The Morgan fingerprint density at radius 3 is 2.79 bits per heavy atom. The van der Waals surface area contributed by atoms with E-state index in [1.807, 2.05) is 19.9 Å². The van der Waals surface area contributed by atoms with Gasteiger partial charge in [-0.15, -0.1) is 11.3 Å². The average Bonchev–Trinajstić information content (AvgIpc) is 2.81. The zero-order valence-electron chi connectivity index (χ0n) is 10.8. The second-order valence-electron chi connectivity index (χ2n) is 4.31. The number of rotatable bonds is 5. The Morgan fingerprint density at radius 1 is 1.53 bits per heavy atom. The Kier molecular flexibility index (Phi) is 5.48. The number of anilines is 1. The molecule has 0 unspecified atom stereocenters. The minimum Gasteiger partial charge on any atom is -0.346 e. The van der Waals surface area contributed by atoms with Crippen molar-refractivity contribution in [1.29, 1.82) is 5.26 Å². The molecule has 0 aliphatic rings. The molecule has 0 bridgehead atoms. The van der Waals surface area contributed by atoms with Gasteiger partial charge in [-0.25, -0.2) is 0 Å². The molecule has 102 valence electrons. The van der Waals surface area contributed by atoms with Crippen molar-refractivity contribution >= 4 is 28.2 Å². The first kappa shape index (κ1) is 15.1. The molecule has 2 amide bonds. The van der Waals surface area contributed by atoms with E-state index in [1.165, 1.54) is 11.3 Å². The van der Waals surface area contributed by atoms with E-state index in [1.54, 1.807) is 11.4 Å². The number of nitrogens with two attached hydrogens (primary N) is 1. The monoisotopic (exact) mass is 280 g/mol. The topological polar surface area (TPSA) is 108 Å². The van der Waals surface area contributed by atoms with Crippen LogP contribution in [0.15, 0.2) is 11.4 Å². The van der Waals surface area contributed by atoms with Crippen molar-refractivity contribution in [3.63, 3.8) is 0 Å². The van der Waals surface area contributed by atoms with Gasteiger partial charge in [0, 0.05) is 0 Å². The molecule has 0 saturated heterocycles. The van der Waals surface area contributed by atoms with Crippen molar-refractivity contribution in [2.24, 2.45) is 11.7 Å². The van der Waals surface area contributed by atoms with E-state index >= 15 is 0 Å². The van der Waals surface area contributed by atoms with Crippen LogP contribution in [0.2, 0.25) is 0 Å². The highest BCUT2D eigenvalue weighted by Crippen LogP contribution is 2.21. The van der Waals surface area contributed by atoms with Gasteiger partial charge in [-0.2, -0.15) is 5.26 Å². The largest absolute Gasteiger partial charge is 0.346 e. The number of carbonyl (C=O) groups excluding carboxylic acids is 2. The molecule has 1 aromatic heterocycles. The van der Waals surface area contributed by atoms with Gasteiger partial charge in [0.2, 0.25) is 11.8 Å². The molecular formula is C12H16N4O2S. The molecule has 1 rings (SSSR count). The first-order valence-corrected chi connectivity index (χ1v) is 6.64. The SMILES string of the molecule is CC(C)[C@H](N)C(=O)NCC(=O)Nc1sccc1C#N. The Labute approximate surface area is 115 Å². The number of nitrogens with zero attached hydrogens (tertiary/aromatic N) is 1. The number of hydrogen-bond acceptors (Lipinski definition) is 5. The van der Waals surface area contributed by atoms with E-state index in [4.69, 9.17) is 11.0 Å². The summed E-state index contributed by atoms with van der Waals surface area (Å²) in [6, 6.07) is 2.95. The Morgan fingerprint density at radius 2 is 2.21 bits per heavy atom. The fourth-order valence-corrected chi connectivity index (χ4v) is 2.01. The average molecular weight is 280 g/mol. The number of hydrogen-bond donors (Lipinski definition) is 3. The molecule has 0 aromatic carbocycles. The molecule has 0 aliphatic carbocycles. The van der Waals surface area contributed by atoms with Crippen molar-refractivity contribution in [3.05, 3.63) is 17.0 Å². The summed E-state index contributed by atoms with van der Waals surface area (Å²) in [5, 5.41) is 16.0. The molecule has 1 aromatic rings. The lowest BCUT2D eigenvalue weighted by Gasteiger charge is -2.14. The minimum atomic E-state index is -0.635. The molecule has 19 heavy (non-hydrogen) atoms.